The molecule has 0 spiro atoms. The van der Waals surface area contributed by atoms with E-state index in [0.29, 0.717) is 29.8 Å². The van der Waals surface area contributed by atoms with Gasteiger partial charge in [0.1, 0.15) is 4.90 Å². The number of carbonyl (C=O) groups excluding carboxylic acids is 1. The Morgan fingerprint density at radius 1 is 1.23 bits per heavy atom. The zero-order valence-corrected chi connectivity index (χ0v) is 17.7. The number of thioether (sulfide) groups is 1. The van der Waals surface area contributed by atoms with Gasteiger partial charge >= 0.3 is 0 Å². The molecule has 0 bridgehead atoms. The topological polar surface area (TPSA) is 66.5 Å². The third-order valence-electron chi connectivity index (χ3n) is 4.54. The van der Waals surface area contributed by atoms with Crippen molar-refractivity contribution in [2.75, 3.05) is 24.2 Å². The van der Waals surface area contributed by atoms with Gasteiger partial charge in [-0.1, -0.05) is 44.7 Å². The van der Waals surface area contributed by atoms with E-state index in [9.17, 15) is 13.2 Å². The Kier molecular flexibility index (Phi) is 8.26. The van der Waals surface area contributed by atoms with Crippen molar-refractivity contribution >= 4 is 45.0 Å². The second-order valence-corrected chi connectivity index (χ2v) is 9.96. The summed E-state index contributed by atoms with van der Waals surface area (Å²) in [6.45, 7) is 4.29. The van der Waals surface area contributed by atoms with Crippen LogP contribution in [-0.4, -0.2) is 42.7 Å². The Bertz CT molecular complexity index is 715. The van der Waals surface area contributed by atoms with Crippen LogP contribution in [0.25, 0.3) is 0 Å². The SMILES string of the molecule is CCN(CC)S(=O)(=O)c1cc(NC(=O)CSC2CCCCC2)ccc1Cl. The van der Waals surface area contributed by atoms with Gasteiger partial charge in [-0.2, -0.15) is 4.31 Å². The predicted octanol–water partition coefficient (Wildman–Crippen LogP) is 4.37. The molecule has 1 aliphatic rings. The van der Waals surface area contributed by atoms with Crippen LogP contribution in [0.5, 0.6) is 0 Å². The van der Waals surface area contributed by atoms with Crippen LogP contribution in [0.3, 0.4) is 0 Å². The summed E-state index contributed by atoms with van der Waals surface area (Å²) in [7, 11) is -3.67. The zero-order chi connectivity index (χ0) is 19.2. The first-order valence-electron chi connectivity index (χ1n) is 9.09. The van der Waals surface area contributed by atoms with Crippen molar-refractivity contribution in [3.63, 3.8) is 0 Å². The maximum Gasteiger partial charge on any atom is 0.244 e. The number of carbonyl (C=O) groups is 1. The van der Waals surface area contributed by atoms with Gasteiger partial charge in [-0.25, -0.2) is 8.42 Å². The van der Waals surface area contributed by atoms with Gasteiger partial charge in [0, 0.05) is 24.0 Å². The lowest BCUT2D eigenvalue weighted by atomic mass is 10.0. The van der Waals surface area contributed by atoms with Gasteiger partial charge in [0.05, 0.1) is 10.8 Å². The van der Waals surface area contributed by atoms with Crippen LogP contribution in [0, 0.1) is 0 Å². The standard InChI is InChI=1S/C18H27ClN2O3S2/c1-3-21(4-2)26(23,24)17-12-14(10-11-16(17)19)20-18(22)13-25-15-8-6-5-7-9-15/h10-12,15H,3-9,13H2,1-2H3,(H,20,22). The third-order valence-corrected chi connectivity index (χ3v) is 8.44. The van der Waals surface area contributed by atoms with E-state index in [0.717, 1.165) is 0 Å². The number of rotatable bonds is 8. The van der Waals surface area contributed by atoms with Crippen LogP contribution in [0.15, 0.2) is 23.1 Å². The largest absolute Gasteiger partial charge is 0.325 e. The lowest BCUT2D eigenvalue weighted by molar-refractivity contribution is -0.113. The normalized spacial score (nSPS) is 16.0. The van der Waals surface area contributed by atoms with Gasteiger partial charge in [0.15, 0.2) is 0 Å². The highest BCUT2D eigenvalue weighted by atomic mass is 35.5. The molecule has 1 saturated carbocycles. The summed E-state index contributed by atoms with van der Waals surface area (Å²) < 4.78 is 26.8. The number of halogens is 1. The number of nitrogens with one attached hydrogen (secondary N) is 1. The zero-order valence-electron chi connectivity index (χ0n) is 15.3. The fourth-order valence-electron chi connectivity index (χ4n) is 3.10. The van der Waals surface area contributed by atoms with E-state index < -0.39 is 10.0 Å². The first-order chi connectivity index (χ1) is 12.4. The van der Waals surface area contributed by atoms with Crippen LogP contribution in [0.2, 0.25) is 5.02 Å². The van der Waals surface area contributed by atoms with Crippen LogP contribution >= 0.6 is 23.4 Å². The number of sulfonamides is 1. The average molecular weight is 419 g/mol. The Morgan fingerprint density at radius 2 is 1.88 bits per heavy atom. The molecular formula is C18H27ClN2O3S2. The fourth-order valence-corrected chi connectivity index (χ4v) is 6.19. The van der Waals surface area contributed by atoms with E-state index >= 15 is 0 Å². The Labute approximate surface area is 165 Å². The number of nitrogens with zero attached hydrogens (tertiary/aromatic N) is 1. The Hall–Kier alpha value is -0.760. The van der Waals surface area contributed by atoms with Crippen LogP contribution in [0.1, 0.15) is 46.0 Å². The van der Waals surface area contributed by atoms with E-state index in [1.165, 1.54) is 48.5 Å². The molecule has 0 aliphatic heterocycles. The van der Waals surface area contributed by atoms with Crippen LogP contribution in [0.4, 0.5) is 5.69 Å². The first-order valence-corrected chi connectivity index (χ1v) is 12.0. The highest BCUT2D eigenvalue weighted by molar-refractivity contribution is 8.00. The van der Waals surface area contributed by atoms with E-state index in [4.69, 9.17) is 11.6 Å². The molecule has 0 saturated heterocycles. The van der Waals surface area contributed by atoms with Crippen molar-refractivity contribution < 1.29 is 13.2 Å². The van der Waals surface area contributed by atoms with Crippen molar-refractivity contribution in [3.8, 4) is 0 Å². The molecule has 1 aromatic rings. The smallest absolute Gasteiger partial charge is 0.244 e. The highest BCUT2D eigenvalue weighted by Crippen LogP contribution is 2.29. The maximum absolute atomic E-state index is 12.7. The molecule has 1 fully saturated rings. The molecule has 146 valence electrons. The lowest BCUT2D eigenvalue weighted by Crippen LogP contribution is -2.31. The second kappa shape index (κ2) is 9.97. The fraction of sp³-hybridized carbons (Fsp3) is 0.611. The summed E-state index contributed by atoms with van der Waals surface area (Å²) in [6.07, 6.45) is 6.11. The quantitative estimate of drug-likeness (QED) is 0.680. The van der Waals surface area contributed by atoms with E-state index in [1.54, 1.807) is 31.7 Å². The highest BCUT2D eigenvalue weighted by Gasteiger charge is 2.25. The van der Waals surface area contributed by atoms with Gasteiger partial charge in [-0.3, -0.25) is 4.79 Å². The maximum atomic E-state index is 12.7. The molecule has 0 unspecified atom stereocenters. The minimum Gasteiger partial charge on any atom is -0.325 e. The molecule has 0 aromatic heterocycles. The number of anilines is 1. The lowest BCUT2D eigenvalue weighted by Gasteiger charge is -2.21. The molecule has 2 rings (SSSR count). The third kappa shape index (κ3) is 5.62. The summed E-state index contributed by atoms with van der Waals surface area (Å²) in [5, 5.41) is 3.51. The summed E-state index contributed by atoms with van der Waals surface area (Å²) >= 11 is 7.80. The molecule has 1 amide bonds. The van der Waals surface area contributed by atoms with E-state index in [2.05, 4.69) is 5.32 Å². The van der Waals surface area contributed by atoms with E-state index in [-0.39, 0.29) is 15.8 Å². The number of hydrogen-bond acceptors (Lipinski definition) is 4. The van der Waals surface area contributed by atoms with Crippen molar-refractivity contribution in [2.24, 2.45) is 0 Å². The molecule has 8 heteroatoms. The Balaban J connectivity index is 2.05. The second-order valence-electron chi connectivity index (χ2n) is 6.35. The Morgan fingerprint density at radius 3 is 2.50 bits per heavy atom. The summed E-state index contributed by atoms with van der Waals surface area (Å²) in [5.41, 5.74) is 0.453. The molecule has 0 radical (unpaired) electrons. The molecule has 1 N–H and O–H groups in total. The van der Waals surface area contributed by atoms with Gasteiger partial charge in [0.25, 0.3) is 0 Å². The summed E-state index contributed by atoms with van der Waals surface area (Å²) in [5.74, 6) is 0.264. The van der Waals surface area contributed by atoms with Gasteiger partial charge in [0.2, 0.25) is 15.9 Å². The number of amides is 1. The molecular weight excluding hydrogens is 392 g/mol. The summed E-state index contributed by atoms with van der Waals surface area (Å²) in [6, 6.07) is 4.59. The minimum absolute atomic E-state index is 0.0283. The van der Waals surface area contributed by atoms with Crippen molar-refractivity contribution in [2.45, 2.75) is 56.1 Å². The van der Waals surface area contributed by atoms with Crippen molar-refractivity contribution in [1.82, 2.24) is 4.31 Å². The molecule has 0 heterocycles. The molecule has 26 heavy (non-hydrogen) atoms. The van der Waals surface area contributed by atoms with Gasteiger partial charge in [-0.15, -0.1) is 11.8 Å². The predicted molar refractivity (Wildman–Crippen MR) is 110 cm³/mol. The molecule has 1 aliphatic carbocycles. The van der Waals surface area contributed by atoms with Crippen molar-refractivity contribution in [3.05, 3.63) is 23.2 Å². The van der Waals surface area contributed by atoms with Crippen molar-refractivity contribution in [1.29, 1.82) is 0 Å². The monoisotopic (exact) mass is 418 g/mol. The number of hydrogen-bond donors (Lipinski definition) is 1. The van der Waals surface area contributed by atoms with Crippen LogP contribution in [-0.2, 0) is 14.8 Å². The van der Waals surface area contributed by atoms with Gasteiger partial charge < -0.3 is 5.32 Å². The van der Waals surface area contributed by atoms with Gasteiger partial charge in [-0.05, 0) is 31.0 Å². The van der Waals surface area contributed by atoms with E-state index in [1.807, 2.05) is 0 Å². The summed E-state index contributed by atoms with van der Waals surface area (Å²) in [4.78, 5) is 12.3. The first kappa shape index (κ1) is 21.5. The minimum atomic E-state index is -3.67. The molecule has 1 aromatic carbocycles. The van der Waals surface area contributed by atoms with Crippen LogP contribution < -0.4 is 5.32 Å². The average Bonchev–Trinajstić information content (AvgIpc) is 2.63. The molecule has 0 atom stereocenters. The molecule has 5 nitrogen and oxygen atoms in total. The number of benzene rings is 1.